The lowest BCUT2D eigenvalue weighted by atomic mass is 10.1. The third kappa shape index (κ3) is 5.94. The summed E-state index contributed by atoms with van der Waals surface area (Å²) in [5.74, 6) is 1.03. The van der Waals surface area contributed by atoms with Crippen LogP contribution in [0.15, 0.2) is 53.4 Å². The van der Waals surface area contributed by atoms with Crippen LogP contribution in [0.1, 0.15) is 23.1 Å². The number of hydrogen-bond acceptors (Lipinski definition) is 2. The largest absolute Gasteiger partial charge is 0.355 e. The number of hydrogen-bond donors (Lipinski definition) is 1. The highest BCUT2D eigenvalue weighted by atomic mass is 32.2. The Morgan fingerprint density at radius 2 is 1.55 bits per heavy atom. The molecule has 2 nitrogen and oxygen atoms in total. The molecule has 0 atom stereocenters. The number of rotatable bonds is 7. The third-order valence-electron chi connectivity index (χ3n) is 3.48. The van der Waals surface area contributed by atoms with E-state index in [2.05, 4.69) is 67.7 Å². The van der Waals surface area contributed by atoms with E-state index in [0.29, 0.717) is 13.0 Å². The fourth-order valence-electron chi connectivity index (χ4n) is 2.09. The van der Waals surface area contributed by atoms with Gasteiger partial charge in [-0.3, -0.25) is 4.79 Å². The summed E-state index contributed by atoms with van der Waals surface area (Å²) in [6.07, 6.45) is 1.36. The molecule has 22 heavy (non-hydrogen) atoms. The Labute approximate surface area is 137 Å². The lowest BCUT2D eigenvalue weighted by Crippen LogP contribution is -2.25. The van der Waals surface area contributed by atoms with Crippen molar-refractivity contribution in [2.45, 2.75) is 31.6 Å². The minimum Gasteiger partial charge on any atom is -0.355 e. The maximum absolute atomic E-state index is 11.8. The van der Waals surface area contributed by atoms with Crippen molar-refractivity contribution in [1.82, 2.24) is 5.32 Å². The first-order valence-electron chi connectivity index (χ1n) is 7.65. The molecule has 2 rings (SSSR count). The van der Waals surface area contributed by atoms with Crippen LogP contribution in [-0.2, 0) is 11.2 Å². The van der Waals surface area contributed by atoms with Crippen LogP contribution in [0, 0.1) is 13.8 Å². The van der Waals surface area contributed by atoms with Crippen molar-refractivity contribution in [2.24, 2.45) is 0 Å². The standard InChI is InChI=1S/C19H23NOS/c1-15-3-7-17(8-4-15)9-12-19(21)20-13-14-22-18-10-5-16(2)6-11-18/h3-8,10-11H,9,12-14H2,1-2H3,(H,20,21). The number of aryl methyl sites for hydroxylation is 3. The lowest BCUT2D eigenvalue weighted by Gasteiger charge is -2.06. The summed E-state index contributed by atoms with van der Waals surface area (Å²) in [5, 5.41) is 2.99. The molecule has 0 radical (unpaired) electrons. The predicted molar refractivity (Wildman–Crippen MR) is 94.4 cm³/mol. The number of amides is 1. The molecule has 0 bridgehead atoms. The zero-order valence-electron chi connectivity index (χ0n) is 13.3. The van der Waals surface area contributed by atoms with E-state index in [9.17, 15) is 4.79 Å². The maximum Gasteiger partial charge on any atom is 0.220 e. The molecule has 2 aromatic carbocycles. The van der Waals surface area contributed by atoms with Crippen molar-refractivity contribution in [3.05, 3.63) is 65.2 Å². The van der Waals surface area contributed by atoms with Gasteiger partial charge >= 0.3 is 0 Å². The van der Waals surface area contributed by atoms with Gasteiger partial charge < -0.3 is 5.32 Å². The van der Waals surface area contributed by atoms with Gasteiger partial charge in [0.15, 0.2) is 0 Å². The van der Waals surface area contributed by atoms with E-state index in [1.54, 1.807) is 11.8 Å². The molecule has 0 heterocycles. The van der Waals surface area contributed by atoms with Gasteiger partial charge in [0.1, 0.15) is 0 Å². The fourth-order valence-corrected chi connectivity index (χ4v) is 2.86. The molecular weight excluding hydrogens is 290 g/mol. The lowest BCUT2D eigenvalue weighted by molar-refractivity contribution is -0.120. The van der Waals surface area contributed by atoms with Crippen LogP contribution in [0.3, 0.4) is 0 Å². The van der Waals surface area contributed by atoms with Crippen LogP contribution >= 0.6 is 11.8 Å². The van der Waals surface area contributed by atoms with Crippen molar-refractivity contribution >= 4 is 17.7 Å². The molecule has 0 saturated carbocycles. The molecule has 0 fully saturated rings. The Kier molecular flexibility index (Phi) is 6.53. The Morgan fingerprint density at radius 1 is 0.955 bits per heavy atom. The van der Waals surface area contributed by atoms with Crippen LogP contribution in [-0.4, -0.2) is 18.2 Å². The van der Waals surface area contributed by atoms with Crippen LogP contribution in [0.2, 0.25) is 0 Å². The van der Waals surface area contributed by atoms with Gasteiger partial charge in [-0.2, -0.15) is 0 Å². The summed E-state index contributed by atoms with van der Waals surface area (Å²) in [4.78, 5) is 13.1. The van der Waals surface area contributed by atoms with Gasteiger partial charge in [0.25, 0.3) is 0 Å². The van der Waals surface area contributed by atoms with E-state index in [4.69, 9.17) is 0 Å². The van der Waals surface area contributed by atoms with Gasteiger partial charge in [0.2, 0.25) is 5.91 Å². The summed E-state index contributed by atoms with van der Waals surface area (Å²) >= 11 is 1.77. The molecule has 0 aromatic heterocycles. The topological polar surface area (TPSA) is 29.1 Å². The monoisotopic (exact) mass is 313 g/mol. The molecule has 1 amide bonds. The normalized spacial score (nSPS) is 10.5. The van der Waals surface area contributed by atoms with E-state index in [0.717, 1.165) is 12.2 Å². The number of nitrogens with one attached hydrogen (secondary N) is 1. The summed E-state index contributed by atoms with van der Waals surface area (Å²) in [5.41, 5.74) is 3.74. The third-order valence-corrected chi connectivity index (χ3v) is 4.49. The number of carbonyl (C=O) groups excluding carboxylic acids is 1. The summed E-state index contributed by atoms with van der Waals surface area (Å²) < 4.78 is 0. The summed E-state index contributed by atoms with van der Waals surface area (Å²) in [7, 11) is 0. The molecule has 2 aromatic rings. The van der Waals surface area contributed by atoms with Gasteiger partial charge in [0.05, 0.1) is 0 Å². The summed E-state index contributed by atoms with van der Waals surface area (Å²) in [6.45, 7) is 4.87. The zero-order chi connectivity index (χ0) is 15.8. The van der Waals surface area contributed by atoms with Crippen molar-refractivity contribution in [3.63, 3.8) is 0 Å². The van der Waals surface area contributed by atoms with Crippen LogP contribution in [0.25, 0.3) is 0 Å². The molecule has 0 aliphatic heterocycles. The summed E-state index contributed by atoms with van der Waals surface area (Å²) in [6, 6.07) is 16.8. The van der Waals surface area contributed by atoms with E-state index in [1.807, 2.05) is 0 Å². The van der Waals surface area contributed by atoms with E-state index < -0.39 is 0 Å². The molecule has 0 aliphatic carbocycles. The SMILES string of the molecule is Cc1ccc(CCC(=O)NCCSc2ccc(C)cc2)cc1. The molecule has 0 aliphatic rings. The molecule has 0 saturated heterocycles. The second-order valence-corrected chi connectivity index (χ2v) is 6.67. The molecule has 1 N–H and O–H groups in total. The quantitative estimate of drug-likeness (QED) is 0.615. The first-order chi connectivity index (χ1) is 10.6. The average molecular weight is 313 g/mol. The van der Waals surface area contributed by atoms with Crippen LogP contribution in [0.4, 0.5) is 0 Å². The van der Waals surface area contributed by atoms with Crippen molar-refractivity contribution in [2.75, 3.05) is 12.3 Å². The van der Waals surface area contributed by atoms with Crippen LogP contribution < -0.4 is 5.32 Å². The van der Waals surface area contributed by atoms with Gasteiger partial charge in [0, 0.05) is 23.6 Å². The molecule has 3 heteroatoms. The Morgan fingerprint density at radius 3 is 2.18 bits per heavy atom. The minimum absolute atomic E-state index is 0.130. The number of benzene rings is 2. The average Bonchev–Trinajstić information content (AvgIpc) is 2.53. The number of carbonyl (C=O) groups is 1. The predicted octanol–water partition coefficient (Wildman–Crippen LogP) is 4.14. The van der Waals surface area contributed by atoms with Gasteiger partial charge in [-0.05, 0) is 38.0 Å². The number of thioether (sulfide) groups is 1. The second kappa shape index (κ2) is 8.64. The van der Waals surface area contributed by atoms with E-state index in [1.165, 1.54) is 21.6 Å². The molecular formula is C19H23NOS. The molecule has 116 valence electrons. The minimum atomic E-state index is 0.130. The van der Waals surface area contributed by atoms with Gasteiger partial charge in [-0.15, -0.1) is 11.8 Å². The molecule has 0 spiro atoms. The highest BCUT2D eigenvalue weighted by Crippen LogP contribution is 2.17. The van der Waals surface area contributed by atoms with Gasteiger partial charge in [-0.25, -0.2) is 0 Å². The van der Waals surface area contributed by atoms with Crippen LogP contribution in [0.5, 0.6) is 0 Å². The highest BCUT2D eigenvalue weighted by molar-refractivity contribution is 7.99. The highest BCUT2D eigenvalue weighted by Gasteiger charge is 2.02. The Hall–Kier alpha value is -1.74. The zero-order valence-corrected chi connectivity index (χ0v) is 14.1. The molecule has 0 unspecified atom stereocenters. The Bertz CT molecular complexity index is 590. The van der Waals surface area contributed by atoms with E-state index >= 15 is 0 Å². The first kappa shape index (κ1) is 16.6. The van der Waals surface area contributed by atoms with Crippen molar-refractivity contribution in [3.8, 4) is 0 Å². The maximum atomic E-state index is 11.8. The van der Waals surface area contributed by atoms with E-state index in [-0.39, 0.29) is 5.91 Å². The smallest absolute Gasteiger partial charge is 0.220 e. The van der Waals surface area contributed by atoms with Crippen molar-refractivity contribution < 1.29 is 4.79 Å². The van der Waals surface area contributed by atoms with Crippen molar-refractivity contribution in [1.29, 1.82) is 0 Å². The van der Waals surface area contributed by atoms with Gasteiger partial charge in [-0.1, -0.05) is 47.5 Å². The first-order valence-corrected chi connectivity index (χ1v) is 8.64. The second-order valence-electron chi connectivity index (χ2n) is 5.50. The Balaban J connectivity index is 1.61. The fraction of sp³-hybridized carbons (Fsp3) is 0.316.